The van der Waals surface area contributed by atoms with Crippen LogP contribution in [0.15, 0.2) is 18.2 Å². The van der Waals surface area contributed by atoms with Gasteiger partial charge in [0.2, 0.25) is 0 Å². The second kappa shape index (κ2) is 6.97. The molecule has 3 heteroatoms. The van der Waals surface area contributed by atoms with Gasteiger partial charge in [-0.2, -0.15) is 0 Å². The molecule has 1 nitrogen and oxygen atoms in total. The van der Waals surface area contributed by atoms with E-state index >= 15 is 0 Å². The van der Waals surface area contributed by atoms with Crippen LogP contribution >= 0.6 is 11.6 Å². The van der Waals surface area contributed by atoms with Crippen LogP contribution < -0.4 is 0 Å². The minimum absolute atomic E-state index is 0.340. The fourth-order valence-corrected chi connectivity index (χ4v) is 2.34. The van der Waals surface area contributed by atoms with Crippen molar-refractivity contribution in [1.29, 1.82) is 0 Å². The summed E-state index contributed by atoms with van der Waals surface area (Å²) in [5.74, 6) is 0.168. The van der Waals surface area contributed by atoms with Crippen LogP contribution in [0.3, 0.4) is 0 Å². The Kier molecular flexibility index (Phi) is 5.93. The van der Waals surface area contributed by atoms with Crippen LogP contribution in [0.4, 0.5) is 4.39 Å². The molecule has 0 aliphatic carbocycles. The Balaban J connectivity index is 2.52. The average molecular weight is 259 g/mol. The van der Waals surface area contributed by atoms with Crippen molar-refractivity contribution in [3.8, 4) is 0 Å². The van der Waals surface area contributed by atoms with Gasteiger partial charge in [0.25, 0.3) is 0 Å². The van der Waals surface area contributed by atoms with Crippen LogP contribution in [-0.4, -0.2) is 11.2 Å². The number of hydrogen-bond donors (Lipinski definition) is 1. The average Bonchev–Trinajstić information content (AvgIpc) is 2.22. The van der Waals surface area contributed by atoms with E-state index in [-0.39, 0.29) is 5.82 Å². The van der Waals surface area contributed by atoms with Crippen LogP contribution in [0.25, 0.3) is 0 Å². The number of halogens is 2. The molecule has 96 valence electrons. The minimum Gasteiger partial charge on any atom is -0.393 e. The molecule has 0 radical (unpaired) electrons. The van der Waals surface area contributed by atoms with Gasteiger partial charge in [-0.1, -0.05) is 44.4 Å². The van der Waals surface area contributed by atoms with Crippen molar-refractivity contribution in [2.45, 2.75) is 45.6 Å². The lowest BCUT2D eigenvalue weighted by molar-refractivity contribution is 0.143. The summed E-state index contributed by atoms with van der Waals surface area (Å²) < 4.78 is 12.8. The molecule has 1 rings (SSSR count). The highest BCUT2D eigenvalue weighted by atomic mass is 35.5. The maximum Gasteiger partial charge on any atom is 0.124 e. The van der Waals surface area contributed by atoms with Gasteiger partial charge in [0.05, 0.1) is 6.10 Å². The summed E-state index contributed by atoms with van der Waals surface area (Å²) in [5.41, 5.74) is 0.810. The third kappa shape index (κ3) is 5.05. The minimum atomic E-state index is -0.403. The lowest BCUT2D eigenvalue weighted by Crippen LogP contribution is -2.15. The molecule has 1 N–H and O–H groups in total. The summed E-state index contributed by atoms with van der Waals surface area (Å²) >= 11 is 5.92. The third-order valence-corrected chi connectivity index (χ3v) is 3.28. The van der Waals surface area contributed by atoms with E-state index in [1.807, 2.05) is 0 Å². The van der Waals surface area contributed by atoms with E-state index in [9.17, 15) is 9.50 Å². The van der Waals surface area contributed by atoms with E-state index in [1.165, 1.54) is 12.1 Å². The van der Waals surface area contributed by atoms with Crippen molar-refractivity contribution in [3.05, 3.63) is 34.6 Å². The van der Waals surface area contributed by atoms with Gasteiger partial charge in [-0.3, -0.25) is 0 Å². The molecule has 0 amide bonds. The van der Waals surface area contributed by atoms with Crippen LogP contribution in [0, 0.1) is 11.7 Å². The Bertz CT molecular complexity index is 354. The first-order valence-electron chi connectivity index (χ1n) is 6.15. The zero-order valence-electron chi connectivity index (χ0n) is 10.4. The lowest BCUT2D eigenvalue weighted by atomic mass is 9.95. The van der Waals surface area contributed by atoms with Gasteiger partial charge in [-0.25, -0.2) is 4.39 Å². The van der Waals surface area contributed by atoms with Gasteiger partial charge < -0.3 is 5.11 Å². The van der Waals surface area contributed by atoms with Crippen molar-refractivity contribution in [2.75, 3.05) is 0 Å². The smallest absolute Gasteiger partial charge is 0.124 e. The predicted octanol–water partition coefficient (Wildman–Crippen LogP) is 4.21. The van der Waals surface area contributed by atoms with Crippen LogP contribution in [0.2, 0.25) is 5.02 Å². The normalized spacial score (nSPS) is 14.6. The molecule has 0 saturated heterocycles. The van der Waals surface area contributed by atoms with Crippen molar-refractivity contribution in [2.24, 2.45) is 5.92 Å². The van der Waals surface area contributed by atoms with E-state index in [4.69, 9.17) is 11.6 Å². The van der Waals surface area contributed by atoms with Crippen LogP contribution in [0.1, 0.15) is 38.7 Å². The Hall–Kier alpha value is -0.600. The largest absolute Gasteiger partial charge is 0.393 e. The topological polar surface area (TPSA) is 20.2 Å². The van der Waals surface area contributed by atoms with Crippen LogP contribution in [-0.2, 0) is 6.42 Å². The lowest BCUT2D eigenvalue weighted by Gasteiger charge is -2.16. The monoisotopic (exact) mass is 258 g/mol. The van der Waals surface area contributed by atoms with E-state index in [2.05, 4.69) is 13.8 Å². The number of hydrogen-bond acceptors (Lipinski definition) is 1. The highest BCUT2D eigenvalue weighted by molar-refractivity contribution is 6.31. The molecule has 0 fully saturated rings. The zero-order valence-corrected chi connectivity index (χ0v) is 11.2. The molecule has 0 saturated carbocycles. The third-order valence-electron chi connectivity index (χ3n) is 2.93. The summed E-state index contributed by atoms with van der Waals surface area (Å²) in [7, 11) is 0. The number of aliphatic hydroxyl groups excluding tert-OH is 1. The Labute approximate surface area is 108 Å². The first-order chi connectivity index (χ1) is 8.02. The molecular formula is C14H20ClFO. The van der Waals surface area contributed by atoms with E-state index in [0.29, 0.717) is 17.4 Å². The van der Waals surface area contributed by atoms with Gasteiger partial charge in [-0.05, 0) is 36.5 Å². The summed E-state index contributed by atoms with van der Waals surface area (Å²) in [4.78, 5) is 0. The first-order valence-corrected chi connectivity index (χ1v) is 6.52. The van der Waals surface area contributed by atoms with E-state index < -0.39 is 6.10 Å². The molecule has 2 atom stereocenters. The van der Waals surface area contributed by atoms with Crippen LogP contribution in [0.5, 0.6) is 0 Å². The van der Waals surface area contributed by atoms with Gasteiger partial charge in [0, 0.05) is 5.02 Å². The van der Waals surface area contributed by atoms with Crippen molar-refractivity contribution >= 4 is 11.6 Å². The molecule has 0 bridgehead atoms. The molecule has 2 unspecified atom stereocenters. The fourth-order valence-electron chi connectivity index (χ4n) is 2.10. The number of rotatable bonds is 6. The Morgan fingerprint density at radius 2 is 2.12 bits per heavy atom. The molecule has 0 heterocycles. The Morgan fingerprint density at radius 1 is 1.41 bits per heavy atom. The Morgan fingerprint density at radius 3 is 2.71 bits per heavy atom. The second-order valence-electron chi connectivity index (χ2n) is 4.72. The second-order valence-corrected chi connectivity index (χ2v) is 5.13. The van der Waals surface area contributed by atoms with Gasteiger partial charge >= 0.3 is 0 Å². The zero-order chi connectivity index (χ0) is 12.8. The van der Waals surface area contributed by atoms with Crippen molar-refractivity contribution < 1.29 is 9.50 Å². The molecule has 1 aromatic carbocycles. The molecule has 17 heavy (non-hydrogen) atoms. The molecule has 0 aromatic heterocycles. The van der Waals surface area contributed by atoms with Gasteiger partial charge in [0.15, 0.2) is 0 Å². The molecule has 0 aliphatic rings. The highest BCUT2D eigenvalue weighted by Gasteiger charge is 2.12. The summed E-state index contributed by atoms with van der Waals surface area (Å²) in [5, 5.41) is 10.3. The van der Waals surface area contributed by atoms with E-state index in [1.54, 1.807) is 6.07 Å². The number of benzene rings is 1. The quantitative estimate of drug-likeness (QED) is 0.810. The summed E-state index contributed by atoms with van der Waals surface area (Å²) in [6.07, 6.45) is 3.10. The maximum absolute atomic E-state index is 12.8. The summed E-state index contributed by atoms with van der Waals surface area (Å²) in [6.45, 7) is 4.28. The fraction of sp³-hybridized carbons (Fsp3) is 0.571. The standard InChI is InChI=1S/C14H20ClFO/c1-3-4-10(2)7-13(17)8-11-5-6-12(16)9-14(11)15/h5-6,9-10,13,17H,3-4,7-8H2,1-2H3. The highest BCUT2D eigenvalue weighted by Crippen LogP contribution is 2.21. The molecule has 1 aromatic rings. The molecule has 0 aliphatic heterocycles. The molecular weight excluding hydrogens is 239 g/mol. The van der Waals surface area contributed by atoms with Gasteiger partial charge in [0.1, 0.15) is 5.82 Å². The summed E-state index contributed by atoms with van der Waals surface area (Å²) in [6, 6.07) is 4.31. The van der Waals surface area contributed by atoms with Crippen molar-refractivity contribution in [1.82, 2.24) is 0 Å². The first kappa shape index (κ1) is 14.5. The number of aliphatic hydroxyl groups is 1. The van der Waals surface area contributed by atoms with Gasteiger partial charge in [-0.15, -0.1) is 0 Å². The SMILES string of the molecule is CCCC(C)CC(O)Cc1ccc(F)cc1Cl. The molecule has 0 spiro atoms. The van der Waals surface area contributed by atoms with E-state index in [0.717, 1.165) is 24.8 Å². The maximum atomic E-state index is 12.8. The van der Waals surface area contributed by atoms with Crippen molar-refractivity contribution in [3.63, 3.8) is 0 Å². The predicted molar refractivity (Wildman–Crippen MR) is 69.8 cm³/mol.